The van der Waals surface area contributed by atoms with Gasteiger partial charge in [-0.1, -0.05) is 24.3 Å². The highest BCUT2D eigenvalue weighted by atomic mass is 15.1. The molecule has 0 aliphatic heterocycles. The van der Waals surface area contributed by atoms with Crippen LogP contribution >= 0.6 is 0 Å². The van der Waals surface area contributed by atoms with Crippen molar-refractivity contribution in [2.75, 3.05) is 5.73 Å². The van der Waals surface area contributed by atoms with E-state index in [9.17, 15) is 0 Å². The Morgan fingerprint density at radius 3 is 2.95 bits per heavy atom. The van der Waals surface area contributed by atoms with Crippen LogP contribution in [-0.2, 0) is 13.0 Å². The molecule has 0 fully saturated rings. The molecule has 0 spiro atoms. The van der Waals surface area contributed by atoms with Gasteiger partial charge in [-0.2, -0.15) is 0 Å². The van der Waals surface area contributed by atoms with E-state index in [0.29, 0.717) is 5.92 Å². The third-order valence-electron chi connectivity index (χ3n) is 4.33. The molecular formula is C17H17N3. The summed E-state index contributed by atoms with van der Waals surface area (Å²) in [6.07, 6.45) is 1.17. The van der Waals surface area contributed by atoms with E-state index in [4.69, 9.17) is 5.73 Å². The summed E-state index contributed by atoms with van der Waals surface area (Å²) in [6.45, 7) is 3.07. The normalized spacial score (nSPS) is 16.9. The van der Waals surface area contributed by atoms with Crippen molar-refractivity contribution in [3.05, 3.63) is 59.4 Å². The number of nitrogens with two attached hydrogens (primary N) is 1. The van der Waals surface area contributed by atoms with Gasteiger partial charge in [0.1, 0.15) is 5.82 Å². The first-order valence-electron chi connectivity index (χ1n) is 7.02. The molecule has 0 amide bonds. The van der Waals surface area contributed by atoms with Crippen molar-refractivity contribution in [1.82, 2.24) is 9.55 Å². The number of nitrogens with zero attached hydrogens (tertiary/aromatic N) is 2. The molecule has 0 saturated carbocycles. The van der Waals surface area contributed by atoms with Crippen molar-refractivity contribution in [2.45, 2.75) is 25.8 Å². The van der Waals surface area contributed by atoms with Crippen molar-refractivity contribution in [1.29, 1.82) is 0 Å². The monoisotopic (exact) mass is 263 g/mol. The predicted octanol–water partition coefficient (Wildman–Crippen LogP) is 3.27. The number of nitrogen functional groups attached to an aromatic ring is 1. The maximum absolute atomic E-state index is 5.84. The van der Waals surface area contributed by atoms with Crippen molar-refractivity contribution < 1.29 is 0 Å². The van der Waals surface area contributed by atoms with E-state index in [1.807, 2.05) is 12.1 Å². The van der Waals surface area contributed by atoms with Gasteiger partial charge in [0.25, 0.3) is 0 Å². The predicted molar refractivity (Wildman–Crippen MR) is 81.8 cm³/mol. The van der Waals surface area contributed by atoms with Crippen molar-refractivity contribution >= 4 is 16.7 Å². The minimum atomic E-state index is 0.611. The van der Waals surface area contributed by atoms with E-state index in [-0.39, 0.29) is 0 Å². The summed E-state index contributed by atoms with van der Waals surface area (Å²) in [7, 11) is 0. The third-order valence-corrected chi connectivity index (χ3v) is 4.33. The molecule has 1 aliphatic rings. The summed E-state index contributed by atoms with van der Waals surface area (Å²) in [5.41, 5.74) is 11.8. The zero-order valence-corrected chi connectivity index (χ0v) is 11.5. The first-order chi connectivity index (χ1) is 9.72. The molecule has 3 nitrogen and oxygen atoms in total. The zero-order chi connectivity index (χ0) is 13.7. The summed E-state index contributed by atoms with van der Waals surface area (Å²) < 4.78 is 2.31. The van der Waals surface area contributed by atoms with Crippen LogP contribution in [0.3, 0.4) is 0 Å². The highest BCUT2D eigenvalue weighted by Crippen LogP contribution is 2.36. The molecule has 0 bridgehead atoms. The Morgan fingerprint density at radius 2 is 2.10 bits per heavy atom. The molecule has 1 unspecified atom stereocenters. The van der Waals surface area contributed by atoms with Gasteiger partial charge in [0.15, 0.2) is 0 Å². The summed E-state index contributed by atoms with van der Waals surface area (Å²) in [6, 6.07) is 14.7. The fourth-order valence-corrected chi connectivity index (χ4v) is 3.24. The quantitative estimate of drug-likeness (QED) is 0.721. The zero-order valence-electron chi connectivity index (χ0n) is 11.5. The van der Waals surface area contributed by atoms with Gasteiger partial charge in [-0.05, 0) is 42.7 Å². The third kappa shape index (κ3) is 1.63. The largest absolute Gasteiger partial charge is 0.399 e. The average molecular weight is 263 g/mol. The second-order valence-electron chi connectivity index (χ2n) is 5.62. The molecule has 4 rings (SSSR count). The lowest BCUT2D eigenvalue weighted by Crippen LogP contribution is -2.22. The lowest BCUT2D eigenvalue weighted by Gasteiger charge is -2.30. The minimum absolute atomic E-state index is 0.611. The second kappa shape index (κ2) is 4.10. The number of hydrogen-bond donors (Lipinski definition) is 1. The van der Waals surface area contributed by atoms with Gasteiger partial charge in [-0.25, -0.2) is 4.98 Å². The van der Waals surface area contributed by atoms with Gasteiger partial charge in [0.2, 0.25) is 0 Å². The Kier molecular flexibility index (Phi) is 2.36. The standard InChI is InChI=1S/C17H17N3/c1-11-19-16-9-14(18)6-7-17(16)20(11)10-13-8-12-4-2-3-5-15(12)13/h2-7,9,13H,8,10,18H2,1H3. The number of rotatable bonds is 2. The molecule has 0 saturated heterocycles. The Morgan fingerprint density at radius 1 is 1.25 bits per heavy atom. The first kappa shape index (κ1) is 11.5. The molecule has 1 atom stereocenters. The molecule has 1 aliphatic carbocycles. The Bertz CT molecular complexity index is 801. The summed E-state index contributed by atoms with van der Waals surface area (Å²) >= 11 is 0. The van der Waals surface area contributed by atoms with E-state index >= 15 is 0 Å². The van der Waals surface area contributed by atoms with E-state index in [1.54, 1.807) is 0 Å². The molecule has 100 valence electrons. The number of anilines is 1. The van der Waals surface area contributed by atoms with E-state index in [2.05, 4.69) is 46.8 Å². The van der Waals surface area contributed by atoms with Crippen LogP contribution in [0.4, 0.5) is 5.69 Å². The van der Waals surface area contributed by atoms with Crippen molar-refractivity contribution in [2.24, 2.45) is 0 Å². The van der Waals surface area contributed by atoms with Crippen LogP contribution in [-0.4, -0.2) is 9.55 Å². The van der Waals surface area contributed by atoms with Gasteiger partial charge in [0, 0.05) is 18.2 Å². The number of aromatic nitrogens is 2. The first-order valence-corrected chi connectivity index (χ1v) is 7.02. The maximum Gasteiger partial charge on any atom is 0.106 e. The molecule has 2 aromatic carbocycles. The van der Waals surface area contributed by atoms with E-state index in [1.165, 1.54) is 23.1 Å². The van der Waals surface area contributed by atoms with Crippen molar-refractivity contribution in [3.8, 4) is 0 Å². The Hall–Kier alpha value is -2.29. The van der Waals surface area contributed by atoms with Gasteiger partial charge in [0.05, 0.1) is 11.0 Å². The Balaban J connectivity index is 1.72. The molecule has 3 heteroatoms. The number of fused-ring (bicyclic) bond motifs is 2. The van der Waals surface area contributed by atoms with Gasteiger partial charge >= 0.3 is 0 Å². The molecule has 3 aromatic rings. The SMILES string of the molecule is Cc1nc2cc(N)ccc2n1CC1Cc2ccccc21. The fourth-order valence-electron chi connectivity index (χ4n) is 3.24. The lowest BCUT2D eigenvalue weighted by atomic mass is 9.77. The topological polar surface area (TPSA) is 43.8 Å². The van der Waals surface area contributed by atoms with Crippen LogP contribution in [0.1, 0.15) is 22.9 Å². The molecule has 2 N–H and O–H groups in total. The highest BCUT2D eigenvalue weighted by molar-refractivity contribution is 5.79. The van der Waals surface area contributed by atoms with Crippen LogP contribution in [0.5, 0.6) is 0 Å². The summed E-state index contributed by atoms with van der Waals surface area (Å²) in [4.78, 5) is 4.62. The van der Waals surface area contributed by atoms with E-state index in [0.717, 1.165) is 23.6 Å². The van der Waals surface area contributed by atoms with E-state index < -0.39 is 0 Å². The fraction of sp³-hybridized carbons (Fsp3) is 0.235. The highest BCUT2D eigenvalue weighted by Gasteiger charge is 2.26. The summed E-state index contributed by atoms with van der Waals surface area (Å²) in [5, 5.41) is 0. The van der Waals surface area contributed by atoms with Crippen LogP contribution in [0.2, 0.25) is 0 Å². The van der Waals surface area contributed by atoms with Crippen LogP contribution in [0, 0.1) is 6.92 Å². The smallest absolute Gasteiger partial charge is 0.106 e. The summed E-state index contributed by atoms with van der Waals surface area (Å²) in [5.74, 6) is 1.68. The minimum Gasteiger partial charge on any atom is -0.399 e. The van der Waals surface area contributed by atoms with Gasteiger partial charge in [-0.15, -0.1) is 0 Å². The van der Waals surface area contributed by atoms with Crippen LogP contribution < -0.4 is 5.73 Å². The van der Waals surface area contributed by atoms with Gasteiger partial charge < -0.3 is 10.3 Å². The number of hydrogen-bond acceptors (Lipinski definition) is 2. The molecule has 1 aromatic heterocycles. The van der Waals surface area contributed by atoms with Gasteiger partial charge in [-0.3, -0.25) is 0 Å². The van der Waals surface area contributed by atoms with Crippen molar-refractivity contribution in [3.63, 3.8) is 0 Å². The second-order valence-corrected chi connectivity index (χ2v) is 5.62. The number of aryl methyl sites for hydroxylation is 1. The molecule has 20 heavy (non-hydrogen) atoms. The average Bonchev–Trinajstić information content (AvgIpc) is 2.71. The number of benzene rings is 2. The lowest BCUT2D eigenvalue weighted by molar-refractivity contribution is 0.509. The van der Waals surface area contributed by atoms with Crippen LogP contribution in [0.15, 0.2) is 42.5 Å². The molecule has 1 heterocycles. The van der Waals surface area contributed by atoms with Crippen LogP contribution in [0.25, 0.3) is 11.0 Å². The molecular weight excluding hydrogens is 246 g/mol. The number of imidazole rings is 1. The maximum atomic E-state index is 5.84. The Labute approximate surface area is 118 Å². The molecule has 0 radical (unpaired) electrons.